The number of benzene rings is 2. The van der Waals surface area contributed by atoms with Gasteiger partial charge in [-0.2, -0.15) is 0 Å². The van der Waals surface area contributed by atoms with Gasteiger partial charge in [0.15, 0.2) is 0 Å². The van der Waals surface area contributed by atoms with Crippen molar-refractivity contribution in [2.45, 2.75) is 32.7 Å². The molecule has 0 bridgehead atoms. The summed E-state index contributed by atoms with van der Waals surface area (Å²) in [5, 5.41) is 0. The third-order valence-corrected chi connectivity index (χ3v) is 2.99. The Balaban J connectivity index is 2.00. The van der Waals surface area contributed by atoms with Gasteiger partial charge in [-0.05, 0) is 61.7 Å². The van der Waals surface area contributed by atoms with Crippen molar-refractivity contribution in [3.63, 3.8) is 0 Å². The van der Waals surface area contributed by atoms with Crippen molar-refractivity contribution in [2.75, 3.05) is 6.61 Å². The normalized spacial score (nSPS) is 12.0. The van der Waals surface area contributed by atoms with E-state index in [2.05, 4.69) is 13.0 Å². The van der Waals surface area contributed by atoms with Gasteiger partial charge in [0, 0.05) is 6.04 Å². The van der Waals surface area contributed by atoms with Crippen LogP contribution in [0.4, 0.5) is 0 Å². The van der Waals surface area contributed by atoms with Crippen LogP contribution in [0.5, 0.6) is 17.2 Å². The minimum Gasteiger partial charge on any atom is -0.494 e. The molecule has 0 saturated heterocycles. The minimum absolute atomic E-state index is 0.148. The second kappa shape index (κ2) is 7.70. The molecule has 3 heteroatoms. The molecule has 0 heterocycles. The topological polar surface area (TPSA) is 44.5 Å². The zero-order valence-corrected chi connectivity index (χ0v) is 12.7. The first-order valence-corrected chi connectivity index (χ1v) is 7.42. The van der Waals surface area contributed by atoms with Crippen LogP contribution in [0, 0.1) is 0 Å². The Morgan fingerprint density at radius 2 is 1.71 bits per heavy atom. The minimum atomic E-state index is 0.148. The van der Waals surface area contributed by atoms with Crippen LogP contribution >= 0.6 is 0 Å². The van der Waals surface area contributed by atoms with Crippen LogP contribution in [0.25, 0.3) is 0 Å². The molecule has 0 aliphatic carbocycles. The van der Waals surface area contributed by atoms with Crippen LogP contribution in [0.2, 0.25) is 0 Å². The molecule has 0 amide bonds. The molecule has 0 aliphatic rings. The first kappa shape index (κ1) is 15.4. The average molecular weight is 285 g/mol. The lowest BCUT2D eigenvalue weighted by Gasteiger charge is -2.10. The van der Waals surface area contributed by atoms with E-state index in [4.69, 9.17) is 15.2 Å². The largest absolute Gasteiger partial charge is 0.494 e. The second-order valence-electron chi connectivity index (χ2n) is 5.25. The van der Waals surface area contributed by atoms with E-state index in [0.717, 1.165) is 36.7 Å². The summed E-state index contributed by atoms with van der Waals surface area (Å²) in [6.45, 7) is 4.83. The summed E-state index contributed by atoms with van der Waals surface area (Å²) in [5.41, 5.74) is 7.01. The fraction of sp³-hybridized carbons (Fsp3) is 0.333. The summed E-state index contributed by atoms with van der Waals surface area (Å²) in [7, 11) is 0. The average Bonchev–Trinajstić information content (AvgIpc) is 2.46. The van der Waals surface area contributed by atoms with Gasteiger partial charge in [-0.15, -0.1) is 0 Å². The van der Waals surface area contributed by atoms with E-state index in [1.807, 2.05) is 49.4 Å². The van der Waals surface area contributed by atoms with Crippen molar-refractivity contribution >= 4 is 0 Å². The molecule has 0 spiro atoms. The Kier molecular flexibility index (Phi) is 5.64. The second-order valence-corrected chi connectivity index (χ2v) is 5.25. The van der Waals surface area contributed by atoms with Gasteiger partial charge >= 0.3 is 0 Å². The van der Waals surface area contributed by atoms with Crippen LogP contribution in [-0.4, -0.2) is 12.6 Å². The van der Waals surface area contributed by atoms with Crippen molar-refractivity contribution in [3.8, 4) is 17.2 Å². The molecule has 0 aromatic heterocycles. The summed E-state index contributed by atoms with van der Waals surface area (Å²) in [4.78, 5) is 0. The first-order valence-electron chi connectivity index (χ1n) is 7.42. The van der Waals surface area contributed by atoms with Gasteiger partial charge < -0.3 is 15.2 Å². The Hall–Kier alpha value is -2.00. The number of rotatable bonds is 7. The van der Waals surface area contributed by atoms with Crippen LogP contribution in [0.15, 0.2) is 48.5 Å². The molecule has 21 heavy (non-hydrogen) atoms. The van der Waals surface area contributed by atoms with Gasteiger partial charge in [0.1, 0.15) is 17.2 Å². The Bertz CT molecular complexity index is 549. The molecule has 0 fully saturated rings. The Labute approximate surface area is 126 Å². The van der Waals surface area contributed by atoms with Gasteiger partial charge in [0.25, 0.3) is 0 Å². The van der Waals surface area contributed by atoms with Crippen LogP contribution < -0.4 is 15.2 Å². The molecule has 1 atom stereocenters. The first-order chi connectivity index (χ1) is 10.2. The summed E-state index contributed by atoms with van der Waals surface area (Å²) in [5.74, 6) is 2.50. The third-order valence-electron chi connectivity index (χ3n) is 2.99. The number of nitrogens with two attached hydrogens (primary N) is 1. The van der Waals surface area contributed by atoms with Crippen molar-refractivity contribution < 1.29 is 9.47 Å². The zero-order valence-electron chi connectivity index (χ0n) is 12.7. The molecular formula is C18H23NO2. The standard InChI is InChI=1S/C18H23NO2/c1-3-11-20-16-7-9-17(10-8-16)21-18-6-4-5-15(13-18)12-14(2)19/h4-10,13-14H,3,11-12,19H2,1-2H3. The van der Waals surface area contributed by atoms with Crippen LogP contribution in [0.3, 0.4) is 0 Å². The summed E-state index contributed by atoms with van der Waals surface area (Å²) >= 11 is 0. The molecule has 0 saturated carbocycles. The van der Waals surface area contributed by atoms with Gasteiger partial charge in [-0.25, -0.2) is 0 Å². The quantitative estimate of drug-likeness (QED) is 0.831. The summed E-state index contributed by atoms with van der Waals surface area (Å²) < 4.78 is 11.4. The van der Waals surface area contributed by atoms with E-state index in [9.17, 15) is 0 Å². The highest BCUT2D eigenvalue weighted by atomic mass is 16.5. The van der Waals surface area contributed by atoms with Gasteiger partial charge in [0.2, 0.25) is 0 Å². The molecule has 112 valence electrons. The summed E-state index contributed by atoms with van der Waals surface area (Å²) in [6.07, 6.45) is 1.85. The lowest BCUT2D eigenvalue weighted by atomic mass is 10.1. The lowest BCUT2D eigenvalue weighted by Crippen LogP contribution is -2.17. The van der Waals surface area contributed by atoms with E-state index in [-0.39, 0.29) is 6.04 Å². The molecule has 0 radical (unpaired) electrons. The van der Waals surface area contributed by atoms with Gasteiger partial charge in [-0.1, -0.05) is 19.1 Å². The van der Waals surface area contributed by atoms with Gasteiger partial charge in [-0.3, -0.25) is 0 Å². The SMILES string of the molecule is CCCOc1ccc(Oc2cccc(CC(C)N)c2)cc1. The molecule has 2 aromatic rings. The number of hydrogen-bond donors (Lipinski definition) is 1. The van der Waals surface area contributed by atoms with E-state index in [0.29, 0.717) is 0 Å². The third kappa shape index (κ3) is 5.12. The molecular weight excluding hydrogens is 262 g/mol. The number of hydrogen-bond acceptors (Lipinski definition) is 3. The molecule has 3 nitrogen and oxygen atoms in total. The van der Waals surface area contributed by atoms with Crippen molar-refractivity contribution in [1.82, 2.24) is 0 Å². The van der Waals surface area contributed by atoms with Crippen molar-refractivity contribution in [3.05, 3.63) is 54.1 Å². The predicted octanol–water partition coefficient (Wildman–Crippen LogP) is 4.16. The Morgan fingerprint density at radius 3 is 2.38 bits per heavy atom. The maximum absolute atomic E-state index is 5.86. The molecule has 2 N–H and O–H groups in total. The van der Waals surface area contributed by atoms with Crippen LogP contribution in [0.1, 0.15) is 25.8 Å². The highest BCUT2D eigenvalue weighted by molar-refractivity contribution is 5.37. The number of ether oxygens (including phenoxy) is 2. The van der Waals surface area contributed by atoms with Crippen molar-refractivity contribution in [1.29, 1.82) is 0 Å². The molecule has 2 aromatic carbocycles. The lowest BCUT2D eigenvalue weighted by molar-refractivity contribution is 0.317. The van der Waals surface area contributed by atoms with E-state index in [1.54, 1.807) is 0 Å². The zero-order chi connectivity index (χ0) is 15.1. The molecule has 2 rings (SSSR count). The smallest absolute Gasteiger partial charge is 0.127 e. The Morgan fingerprint density at radius 1 is 1.00 bits per heavy atom. The van der Waals surface area contributed by atoms with Crippen molar-refractivity contribution in [2.24, 2.45) is 5.73 Å². The fourth-order valence-corrected chi connectivity index (χ4v) is 2.07. The van der Waals surface area contributed by atoms with Crippen LogP contribution in [-0.2, 0) is 6.42 Å². The fourth-order valence-electron chi connectivity index (χ4n) is 2.07. The van der Waals surface area contributed by atoms with E-state index in [1.165, 1.54) is 5.56 Å². The molecule has 0 aliphatic heterocycles. The molecule has 1 unspecified atom stereocenters. The maximum Gasteiger partial charge on any atom is 0.127 e. The van der Waals surface area contributed by atoms with E-state index >= 15 is 0 Å². The summed E-state index contributed by atoms with van der Waals surface area (Å²) in [6, 6.07) is 15.9. The highest BCUT2D eigenvalue weighted by Crippen LogP contribution is 2.24. The maximum atomic E-state index is 5.86. The van der Waals surface area contributed by atoms with E-state index < -0.39 is 0 Å². The predicted molar refractivity (Wildman–Crippen MR) is 86.1 cm³/mol. The van der Waals surface area contributed by atoms with Gasteiger partial charge in [0.05, 0.1) is 6.61 Å². The highest BCUT2D eigenvalue weighted by Gasteiger charge is 2.02. The monoisotopic (exact) mass is 285 g/mol.